The third-order valence-corrected chi connectivity index (χ3v) is 4.76. The third-order valence-electron chi connectivity index (χ3n) is 3.65. The number of carbonyl (C=O) groups is 2. The number of aryl methyl sites for hydroxylation is 1. The van der Waals surface area contributed by atoms with Crippen molar-refractivity contribution < 1.29 is 33.0 Å². The summed E-state index contributed by atoms with van der Waals surface area (Å²) in [6, 6.07) is -1.34. The van der Waals surface area contributed by atoms with E-state index in [0.717, 1.165) is 0 Å². The van der Waals surface area contributed by atoms with E-state index in [9.17, 15) is 27.9 Å². The molecule has 1 rings (SSSR count). The van der Waals surface area contributed by atoms with E-state index in [2.05, 4.69) is 4.98 Å². The molecular weight excluding hydrogens is 349 g/mol. The number of halogens is 3. The van der Waals surface area contributed by atoms with Crippen molar-refractivity contribution in [1.29, 1.82) is 0 Å². The Morgan fingerprint density at radius 2 is 2.00 bits per heavy atom. The lowest BCUT2D eigenvalue weighted by atomic mass is 9.96. The Hall–Kier alpha value is -1.68. The molecule has 0 fully saturated rings. The molecule has 1 amide bonds. The minimum absolute atomic E-state index is 0.279. The lowest BCUT2D eigenvalue weighted by Gasteiger charge is -2.29. The average molecular weight is 368 g/mol. The standard InChI is InChI=1S/C14H19F3N2O4S/c1-4-7(2)10(11(21)22)19-9(20)5-13(23,14(15,16)17)12-18-8(3)6-24-12/h6-7,10,23H,4-5H2,1-3H3,(H,19,20)(H,21,22)/t7-,10-,13?/m0/s1. The maximum Gasteiger partial charge on any atom is 0.424 e. The van der Waals surface area contributed by atoms with Gasteiger partial charge in [0.15, 0.2) is 0 Å². The highest BCUT2D eigenvalue weighted by Gasteiger charge is 2.58. The highest BCUT2D eigenvalue weighted by atomic mass is 32.1. The number of aliphatic hydroxyl groups is 1. The van der Waals surface area contributed by atoms with Crippen molar-refractivity contribution in [2.75, 3.05) is 0 Å². The van der Waals surface area contributed by atoms with Gasteiger partial charge in [0.05, 0.1) is 6.42 Å². The molecule has 0 bridgehead atoms. The second-order valence-corrected chi connectivity index (χ2v) is 6.46. The van der Waals surface area contributed by atoms with Crippen LogP contribution in [-0.2, 0) is 15.2 Å². The molecule has 24 heavy (non-hydrogen) atoms. The van der Waals surface area contributed by atoms with Gasteiger partial charge >= 0.3 is 12.1 Å². The zero-order valence-electron chi connectivity index (χ0n) is 13.3. The fourth-order valence-electron chi connectivity index (χ4n) is 1.98. The maximum absolute atomic E-state index is 13.3. The van der Waals surface area contributed by atoms with Crippen LogP contribution in [0.15, 0.2) is 5.38 Å². The Balaban J connectivity index is 3.03. The molecule has 136 valence electrons. The van der Waals surface area contributed by atoms with Gasteiger partial charge < -0.3 is 15.5 Å². The quantitative estimate of drug-likeness (QED) is 0.685. The van der Waals surface area contributed by atoms with E-state index in [-0.39, 0.29) is 5.69 Å². The summed E-state index contributed by atoms with van der Waals surface area (Å²) in [4.78, 5) is 26.7. The third kappa shape index (κ3) is 4.44. The lowest BCUT2D eigenvalue weighted by molar-refractivity contribution is -0.267. The molecule has 0 radical (unpaired) electrons. The molecule has 1 aromatic heterocycles. The minimum Gasteiger partial charge on any atom is -0.480 e. The zero-order valence-corrected chi connectivity index (χ0v) is 14.2. The van der Waals surface area contributed by atoms with Crippen LogP contribution in [0.4, 0.5) is 13.2 Å². The zero-order chi connectivity index (χ0) is 18.7. The number of alkyl halides is 3. The number of rotatable bonds is 7. The number of carboxylic acids is 1. The molecule has 6 nitrogen and oxygen atoms in total. The minimum atomic E-state index is -5.14. The second-order valence-electron chi connectivity index (χ2n) is 5.60. The molecule has 0 aliphatic carbocycles. The maximum atomic E-state index is 13.3. The summed E-state index contributed by atoms with van der Waals surface area (Å²) in [5, 5.41) is 21.9. The van der Waals surface area contributed by atoms with Gasteiger partial charge in [-0.2, -0.15) is 13.2 Å². The normalized spacial score (nSPS) is 17.0. The molecule has 0 saturated heterocycles. The predicted molar refractivity (Wildman–Crippen MR) is 80.4 cm³/mol. The fraction of sp³-hybridized carbons (Fsp3) is 0.643. The first kappa shape index (κ1) is 20.4. The number of carbonyl (C=O) groups excluding carboxylic acids is 1. The fourth-order valence-corrected chi connectivity index (χ4v) is 2.90. The van der Waals surface area contributed by atoms with Crippen LogP contribution in [0.1, 0.15) is 37.4 Å². The van der Waals surface area contributed by atoms with Gasteiger partial charge in [0.25, 0.3) is 0 Å². The van der Waals surface area contributed by atoms with Crippen molar-refractivity contribution in [3.8, 4) is 0 Å². The average Bonchev–Trinajstić information content (AvgIpc) is 2.89. The summed E-state index contributed by atoms with van der Waals surface area (Å²) in [7, 11) is 0. The summed E-state index contributed by atoms with van der Waals surface area (Å²) in [5.41, 5.74) is -3.18. The molecule has 1 unspecified atom stereocenters. The van der Waals surface area contributed by atoms with Gasteiger partial charge in [-0.1, -0.05) is 20.3 Å². The molecule has 3 atom stereocenters. The molecule has 1 heterocycles. The molecule has 0 aromatic carbocycles. The molecule has 0 aliphatic heterocycles. The monoisotopic (exact) mass is 368 g/mol. The number of thiazole rings is 1. The molecule has 0 saturated carbocycles. The SMILES string of the molecule is CC[C@H](C)[C@H](NC(=O)CC(O)(c1nc(C)cs1)C(F)(F)F)C(=O)O. The summed E-state index contributed by atoms with van der Waals surface area (Å²) in [5.74, 6) is -3.04. The molecule has 10 heteroatoms. The Morgan fingerprint density at radius 1 is 1.42 bits per heavy atom. The number of hydrogen-bond acceptors (Lipinski definition) is 5. The van der Waals surface area contributed by atoms with E-state index < -0.39 is 47.0 Å². The Bertz CT molecular complexity index is 605. The van der Waals surface area contributed by atoms with Crippen molar-refractivity contribution in [2.24, 2.45) is 5.92 Å². The van der Waals surface area contributed by atoms with Gasteiger partial charge in [0.2, 0.25) is 11.5 Å². The van der Waals surface area contributed by atoms with Crippen LogP contribution in [-0.4, -0.2) is 39.3 Å². The van der Waals surface area contributed by atoms with Gasteiger partial charge in [0.1, 0.15) is 11.0 Å². The van der Waals surface area contributed by atoms with E-state index in [4.69, 9.17) is 5.11 Å². The van der Waals surface area contributed by atoms with Crippen LogP contribution in [0.2, 0.25) is 0 Å². The number of nitrogens with one attached hydrogen (secondary N) is 1. The Labute approximate surface area is 140 Å². The summed E-state index contributed by atoms with van der Waals surface area (Å²) < 4.78 is 39.9. The molecule has 1 aromatic rings. The van der Waals surface area contributed by atoms with Gasteiger partial charge in [-0.25, -0.2) is 9.78 Å². The van der Waals surface area contributed by atoms with E-state index in [0.29, 0.717) is 17.8 Å². The first-order valence-corrected chi connectivity index (χ1v) is 8.04. The molecule has 0 aliphatic rings. The summed E-state index contributed by atoms with van der Waals surface area (Å²) >= 11 is 0.584. The van der Waals surface area contributed by atoms with Crippen LogP contribution in [0, 0.1) is 12.8 Å². The van der Waals surface area contributed by atoms with Crippen LogP contribution in [0.25, 0.3) is 0 Å². The van der Waals surface area contributed by atoms with Gasteiger partial charge in [0, 0.05) is 11.1 Å². The van der Waals surface area contributed by atoms with Crippen molar-refractivity contribution in [3.05, 3.63) is 16.1 Å². The van der Waals surface area contributed by atoms with Crippen LogP contribution in [0.5, 0.6) is 0 Å². The highest BCUT2D eigenvalue weighted by molar-refractivity contribution is 7.09. The second kappa shape index (κ2) is 7.47. The number of aliphatic carboxylic acids is 1. The smallest absolute Gasteiger partial charge is 0.424 e. The number of carboxylic acid groups (broad SMARTS) is 1. The lowest BCUT2D eigenvalue weighted by Crippen LogP contribution is -2.50. The van der Waals surface area contributed by atoms with Gasteiger partial charge in [-0.05, 0) is 12.8 Å². The van der Waals surface area contributed by atoms with E-state index >= 15 is 0 Å². The van der Waals surface area contributed by atoms with E-state index in [1.165, 1.54) is 12.3 Å². The molecule has 3 N–H and O–H groups in total. The Morgan fingerprint density at radius 3 is 2.38 bits per heavy atom. The topological polar surface area (TPSA) is 99.5 Å². The number of nitrogens with zero attached hydrogens (tertiary/aromatic N) is 1. The largest absolute Gasteiger partial charge is 0.480 e. The van der Waals surface area contributed by atoms with Crippen molar-refractivity contribution >= 4 is 23.2 Å². The van der Waals surface area contributed by atoms with Crippen molar-refractivity contribution in [2.45, 2.75) is 51.4 Å². The van der Waals surface area contributed by atoms with Gasteiger partial charge in [-0.15, -0.1) is 11.3 Å². The van der Waals surface area contributed by atoms with Crippen molar-refractivity contribution in [3.63, 3.8) is 0 Å². The molecular formula is C14H19F3N2O4S. The van der Waals surface area contributed by atoms with Crippen LogP contribution >= 0.6 is 11.3 Å². The van der Waals surface area contributed by atoms with Crippen molar-refractivity contribution in [1.82, 2.24) is 10.3 Å². The summed E-state index contributed by atoms with van der Waals surface area (Å²) in [6.45, 7) is 4.70. The molecule has 0 spiro atoms. The first-order valence-electron chi connectivity index (χ1n) is 7.16. The predicted octanol–water partition coefficient (Wildman–Crippen LogP) is 2.21. The number of aromatic nitrogens is 1. The summed E-state index contributed by atoms with van der Waals surface area (Å²) in [6.07, 6.45) is -6.08. The number of amides is 1. The van der Waals surface area contributed by atoms with E-state index in [1.807, 2.05) is 5.32 Å². The van der Waals surface area contributed by atoms with Crippen LogP contribution < -0.4 is 5.32 Å². The van der Waals surface area contributed by atoms with E-state index in [1.54, 1.807) is 13.8 Å². The Kier molecular flexibility index (Phi) is 6.34. The first-order chi connectivity index (χ1) is 10.9. The van der Waals surface area contributed by atoms with Crippen LogP contribution in [0.3, 0.4) is 0 Å². The highest BCUT2D eigenvalue weighted by Crippen LogP contribution is 2.42. The van der Waals surface area contributed by atoms with Gasteiger partial charge in [-0.3, -0.25) is 4.79 Å². The number of hydrogen-bond donors (Lipinski definition) is 3.